The van der Waals surface area contributed by atoms with Crippen molar-refractivity contribution in [1.29, 1.82) is 0 Å². The normalized spacial score (nSPS) is 14.9. The number of hydrogen-bond acceptors (Lipinski definition) is 6. The predicted octanol–water partition coefficient (Wildman–Crippen LogP) is 3.98. The number of rotatable bonds is 6. The van der Waals surface area contributed by atoms with Crippen LogP contribution in [0.25, 0.3) is 0 Å². The summed E-state index contributed by atoms with van der Waals surface area (Å²) in [5.41, 5.74) is 2.95. The standard InChI is InChI=1S/C27H21ClN6O3/c28-18-6-9-21-22(13-18)33-26(36)24(14-20-3-1-2-10-30-20)34(27(21)37)16-17-4-7-19(8-5-17)32-25(35)23-15-29-11-12-31-23/h1-13,15,24H,14,16H2,(H,32,35)(H,33,36). The van der Waals surface area contributed by atoms with Crippen LogP contribution in [-0.4, -0.2) is 43.6 Å². The van der Waals surface area contributed by atoms with Gasteiger partial charge in [0.1, 0.15) is 11.7 Å². The molecule has 0 aliphatic carbocycles. The van der Waals surface area contributed by atoms with E-state index in [0.29, 0.717) is 27.7 Å². The van der Waals surface area contributed by atoms with E-state index in [1.54, 1.807) is 54.7 Å². The second-order valence-corrected chi connectivity index (χ2v) is 8.83. The maximum Gasteiger partial charge on any atom is 0.275 e. The molecule has 1 aliphatic rings. The molecule has 1 atom stereocenters. The molecule has 1 unspecified atom stereocenters. The molecule has 9 nitrogen and oxygen atoms in total. The van der Waals surface area contributed by atoms with Gasteiger partial charge in [0.05, 0.1) is 17.4 Å². The van der Waals surface area contributed by atoms with Crippen molar-refractivity contribution in [2.24, 2.45) is 0 Å². The van der Waals surface area contributed by atoms with Gasteiger partial charge in [-0.25, -0.2) is 4.98 Å². The molecule has 184 valence electrons. The fourth-order valence-electron chi connectivity index (χ4n) is 4.06. The van der Waals surface area contributed by atoms with E-state index in [4.69, 9.17) is 11.6 Å². The first kappa shape index (κ1) is 24.1. The summed E-state index contributed by atoms with van der Waals surface area (Å²) in [6.07, 6.45) is 6.21. The van der Waals surface area contributed by atoms with E-state index in [1.165, 1.54) is 23.5 Å². The molecule has 3 amide bonds. The van der Waals surface area contributed by atoms with Crippen LogP contribution in [0.1, 0.15) is 32.1 Å². The number of amides is 3. The number of carbonyl (C=O) groups is 3. The van der Waals surface area contributed by atoms with Crippen LogP contribution >= 0.6 is 11.6 Å². The van der Waals surface area contributed by atoms with Gasteiger partial charge in [-0.05, 0) is 48.0 Å². The Labute approximate surface area is 217 Å². The van der Waals surface area contributed by atoms with Crippen LogP contribution in [0.4, 0.5) is 11.4 Å². The van der Waals surface area contributed by atoms with E-state index in [1.807, 2.05) is 12.1 Å². The maximum atomic E-state index is 13.7. The summed E-state index contributed by atoms with van der Waals surface area (Å²) in [4.78, 5) is 53.1. The van der Waals surface area contributed by atoms with E-state index in [0.717, 1.165) is 5.56 Å². The summed E-state index contributed by atoms with van der Waals surface area (Å²) >= 11 is 6.12. The van der Waals surface area contributed by atoms with Crippen LogP contribution in [0, 0.1) is 0 Å². The fraction of sp³-hybridized carbons (Fsp3) is 0.111. The number of fused-ring (bicyclic) bond motifs is 1. The summed E-state index contributed by atoms with van der Waals surface area (Å²) in [7, 11) is 0. The molecule has 37 heavy (non-hydrogen) atoms. The monoisotopic (exact) mass is 512 g/mol. The zero-order chi connectivity index (χ0) is 25.8. The Bertz CT molecular complexity index is 1450. The fourth-order valence-corrected chi connectivity index (χ4v) is 4.24. The molecule has 0 bridgehead atoms. The highest BCUT2D eigenvalue weighted by Gasteiger charge is 2.35. The quantitative estimate of drug-likeness (QED) is 0.403. The number of pyridine rings is 1. The topological polar surface area (TPSA) is 117 Å². The highest BCUT2D eigenvalue weighted by molar-refractivity contribution is 6.31. The molecular weight excluding hydrogens is 492 g/mol. The Balaban J connectivity index is 1.41. The van der Waals surface area contributed by atoms with E-state index in [-0.39, 0.29) is 36.4 Å². The minimum absolute atomic E-state index is 0.171. The Morgan fingerprint density at radius 2 is 1.84 bits per heavy atom. The van der Waals surface area contributed by atoms with Crippen LogP contribution in [0.15, 0.2) is 85.5 Å². The summed E-state index contributed by atoms with van der Waals surface area (Å²) < 4.78 is 0. The van der Waals surface area contributed by atoms with Crippen molar-refractivity contribution in [2.45, 2.75) is 19.0 Å². The molecule has 2 aromatic heterocycles. The number of carbonyl (C=O) groups excluding carboxylic acids is 3. The van der Waals surface area contributed by atoms with Gasteiger partial charge >= 0.3 is 0 Å². The zero-order valence-corrected chi connectivity index (χ0v) is 20.2. The highest BCUT2D eigenvalue weighted by Crippen LogP contribution is 2.29. The number of anilines is 2. The van der Waals surface area contributed by atoms with Gasteiger partial charge in [0, 0.05) is 48.0 Å². The van der Waals surface area contributed by atoms with Gasteiger partial charge in [-0.15, -0.1) is 0 Å². The van der Waals surface area contributed by atoms with Gasteiger partial charge in [-0.3, -0.25) is 24.4 Å². The van der Waals surface area contributed by atoms with Crippen LogP contribution in [-0.2, 0) is 17.8 Å². The van der Waals surface area contributed by atoms with Crippen molar-refractivity contribution in [2.75, 3.05) is 10.6 Å². The predicted molar refractivity (Wildman–Crippen MR) is 138 cm³/mol. The number of halogens is 1. The highest BCUT2D eigenvalue weighted by atomic mass is 35.5. The molecule has 0 saturated carbocycles. The minimum atomic E-state index is -0.801. The zero-order valence-electron chi connectivity index (χ0n) is 19.5. The molecule has 4 aromatic rings. The largest absolute Gasteiger partial charge is 0.323 e. The third-order valence-corrected chi connectivity index (χ3v) is 6.13. The molecular formula is C27H21ClN6O3. The van der Waals surface area contributed by atoms with Crippen LogP contribution in [0.5, 0.6) is 0 Å². The van der Waals surface area contributed by atoms with Crippen molar-refractivity contribution in [3.05, 3.63) is 113 Å². The Hall–Kier alpha value is -4.63. The van der Waals surface area contributed by atoms with Crippen molar-refractivity contribution in [1.82, 2.24) is 19.9 Å². The lowest BCUT2D eigenvalue weighted by Crippen LogP contribution is -2.46. The lowest BCUT2D eigenvalue weighted by atomic mass is 10.1. The first-order chi connectivity index (χ1) is 18.0. The first-order valence-corrected chi connectivity index (χ1v) is 11.8. The molecule has 3 heterocycles. The van der Waals surface area contributed by atoms with E-state index >= 15 is 0 Å². The number of nitrogens with one attached hydrogen (secondary N) is 2. The van der Waals surface area contributed by atoms with Crippen molar-refractivity contribution in [3.8, 4) is 0 Å². The van der Waals surface area contributed by atoms with Gasteiger partial charge in [0.25, 0.3) is 11.8 Å². The molecule has 2 aromatic carbocycles. The van der Waals surface area contributed by atoms with Gasteiger partial charge in [0.15, 0.2) is 0 Å². The van der Waals surface area contributed by atoms with Gasteiger partial charge < -0.3 is 15.5 Å². The van der Waals surface area contributed by atoms with Gasteiger partial charge in [-0.1, -0.05) is 29.8 Å². The Morgan fingerprint density at radius 3 is 2.57 bits per heavy atom. The second-order valence-electron chi connectivity index (χ2n) is 8.39. The number of aromatic nitrogens is 3. The van der Waals surface area contributed by atoms with Crippen molar-refractivity contribution in [3.63, 3.8) is 0 Å². The lowest BCUT2D eigenvalue weighted by molar-refractivity contribution is -0.120. The summed E-state index contributed by atoms with van der Waals surface area (Å²) in [5, 5.41) is 6.04. The van der Waals surface area contributed by atoms with Crippen LogP contribution in [0.2, 0.25) is 5.02 Å². The number of nitrogens with zero attached hydrogens (tertiary/aromatic N) is 4. The second kappa shape index (κ2) is 10.5. The average Bonchev–Trinajstić information content (AvgIpc) is 3.00. The molecule has 0 fully saturated rings. The third kappa shape index (κ3) is 5.46. The Morgan fingerprint density at radius 1 is 1.00 bits per heavy atom. The molecule has 1 aliphatic heterocycles. The Kier molecular flexibility index (Phi) is 6.87. The number of hydrogen-bond donors (Lipinski definition) is 2. The summed E-state index contributed by atoms with van der Waals surface area (Å²) in [6.45, 7) is 0.171. The van der Waals surface area contributed by atoms with Crippen LogP contribution < -0.4 is 10.6 Å². The molecule has 0 radical (unpaired) electrons. The molecule has 5 rings (SSSR count). The van der Waals surface area contributed by atoms with E-state index in [9.17, 15) is 14.4 Å². The third-order valence-electron chi connectivity index (χ3n) is 5.90. The average molecular weight is 513 g/mol. The first-order valence-electron chi connectivity index (χ1n) is 11.5. The number of benzene rings is 2. The lowest BCUT2D eigenvalue weighted by Gasteiger charge is -2.28. The SMILES string of the molecule is O=C(Nc1ccc(CN2C(=O)c3ccc(Cl)cc3NC(=O)C2Cc2ccccn2)cc1)c1cnccn1. The summed E-state index contributed by atoms with van der Waals surface area (Å²) in [5.74, 6) is -1.01. The molecule has 0 saturated heterocycles. The van der Waals surface area contributed by atoms with E-state index in [2.05, 4.69) is 25.6 Å². The maximum absolute atomic E-state index is 13.7. The van der Waals surface area contributed by atoms with Crippen molar-refractivity contribution >= 4 is 40.7 Å². The summed E-state index contributed by atoms with van der Waals surface area (Å²) in [6, 6.07) is 16.5. The van der Waals surface area contributed by atoms with Crippen LogP contribution in [0.3, 0.4) is 0 Å². The molecule has 0 spiro atoms. The van der Waals surface area contributed by atoms with Gasteiger partial charge in [-0.2, -0.15) is 0 Å². The van der Waals surface area contributed by atoms with Crippen molar-refractivity contribution < 1.29 is 14.4 Å². The minimum Gasteiger partial charge on any atom is -0.323 e. The van der Waals surface area contributed by atoms with Gasteiger partial charge in [0.2, 0.25) is 5.91 Å². The van der Waals surface area contributed by atoms with E-state index < -0.39 is 6.04 Å². The molecule has 2 N–H and O–H groups in total. The molecule has 10 heteroatoms. The smallest absolute Gasteiger partial charge is 0.275 e.